The Balaban J connectivity index is 2.61. The maximum Gasteiger partial charge on any atom is 0.310 e. The zero-order valence-corrected chi connectivity index (χ0v) is 11.2. The van der Waals surface area contributed by atoms with Crippen LogP contribution in [0.3, 0.4) is 0 Å². The molecule has 1 unspecified atom stereocenters. The van der Waals surface area contributed by atoms with Crippen LogP contribution in [0, 0.1) is 5.41 Å². The van der Waals surface area contributed by atoms with Gasteiger partial charge < -0.3 is 10.0 Å². The topological polar surface area (TPSA) is 40.5 Å². The average Bonchev–Trinajstić information content (AvgIpc) is 2.27. The second-order valence-electron chi connectivity index (χ2n) is 5.42. The number of hydrogen-bond donors (Lipinski definition) is 1. The lowest BCUT2D eigenvalue weighted by Crippen LogP contribution is -2.48. The summed E-state index contributed by atoms with van der Waals surface area (Å²) >= 11 is 0. The summed E-state index contributed by atoms with van der Waals surface area (Å²) < 4.78 is 0. The Morgan fingerprint density at radius 3 is 2.76 bits per heavy atom. The SMILES string of the molecule is C=C(C)CCN1CCCC(CCC)(C(=O)O)C1. The molecule has 0 aromatic heterocycles. The lowest BCUT2D eigenvalue weighted by atomic mass is 9.76. The number of carboxylic acid groups (broad SMARTS) is 1. The van der Waals surface area contributed by atoms with Crippen molar-refractivity contribution >= 4 is 5.97 Å². The van der Waals surface area contributed by atoms with Crippen LogP contribution >= 0.6 is 0 Å². The Morgan fingerprint density at radius 1 is 1.53 bits per heavy atom. The van der Waals surface area contributed by atoms with Crippen LogP contribution in [0.2, 0.25) is 0 Å². The van der Waals surface area contributed by atoms with Crippen molar-refractivity contribution in [3.05, 3.63) is 12.2 Å². The van der Waals surface area contributed by atoms with Crippen LogP contribution in [-0.4, -0.2) is 35.6 Å². The first-order chi connectivity index (χ1) is 8.00. The van der Waals surface area contributed by atoms with E-state index in [-0.39, 0.29) is 0 Å². The highest BCUT2D eigenvalue weighted by Crippen LogP contribution is 2.35. The van der Waals surface area contributed by atoms with E-state index in [2.05, 4.69) is 18.4 Å². The van der Waals surface area contributed by atoms with Crippen LogP contribution in [0.4, 0.5) is 0 Å². The first-order valence-electron chi connectivity index (χ1n) is 6.60. The molecular weight excluding hydrogens is 214 g/mol. The summed E-state index contributed by atoms with van der Waals surface area (Å²) in [5.74, 6) is -0.612. The van der Waals surface area contributed by atoms with Crippen molar-refractivity contribution in [2.24, 2.45) is 5.41 Å². The summed E-state index contributed by atoms with van der Waals surface area (Å²) in [6.07, 6.45) is 4.55. The van der Waals surface area contributed by atoms with Gasteiger partial charge in [-0.2, -0.15) is 0 Å². The van der Waals surface area contributed by atoms with Gasteiger partial charge >= 0.3 is 5.97 Å². The molecule has 0 aliphatic carbocycles. The van der Waals surface area contributed by atoms with Gasteiger partial charge in [0.05, 0.1) is 5.41 Å². The average molecular weight is 239 g/mol. The lowest BCUT2D eigenvalue weighted by Gasteiger charge is -2.40. The fourth-order valence-electron chi connectivity index (χ4n) is 2.73. The van der Waals surface area contributed by atoms with Crippen LogP contribution in [-0.2, 0) is 4.79 Å². The van der Waals surface area contributed by atoms with Gasteiger partial charge in [0.25, 0.3) is 0 Å². The van der Waals surface area contributed by atoms with Gasteiger partial charge in [-0.25, -0.2) is 0 Å². The van der Waals surface area contributed by atoms with E-state index in [1.807, 2.05) is 6.92 Å². The molecule has 1 saturated heterocycles. The molecule has 0 saturated carbocycles. The number of carbonyl (C=O) groups is 1. The van der Waals surface area contributed by atoms with E-state index in [9.17, 15) is 9.90 Å². The smallest absolute Gasteiger partial charge is 0.310 e. The molecule has 0 aromatic carbocycles. The molecule has 1 heterocycles. The predicted molar refractivity (Wildman–Crippen MR) is 70.1 cm³/mol. The fraction of sp³-hybridized carbons (Fsp3) is 0.786. The molecule has 1 atom stereocenters. The third-order valence-corrected chi connectivity index (χ3v) is 3.69. The molecule has 0 radical (unpaired) electrons. The Kier molecular flexibility index (Phi) is 5.19. The van der Waals surface area contributed by atoms with Crippen molar-refractivity contribution in [2.75, 3.05) is 19.6 Å². The van der Waals surface area contributed by atoms with Crippen molar-refractivity contribution < 1.29 is 9.90 Å². The number of piperidine rings is 1. The van der Waals surface area contributed by atoms with Crippen LogP contribution in [0.15, 0.2) is 12.2 Å². The molecule has 0 spiro atoms. The van der Waals surface area contributed by atoms with Crippen molar-refractivity contribution in [3.8, 4) is 0 Å². The van der Waals surface area contributed by atoms with Gasteiger partial charge in [-0.15, -0.1) is 6.58 Å². The molecule has 0 aromatic rings. The second-order valence-corrected chi connectivity index (χ2v) is 5.42. The number of rotatable bonds is 6. The van der Waals surface area contributed by atoms with Crippen LogP contribution < -0.4 is 0 Å². The number of hydrogen-bond acceptors (Lipinski definition) is 2. The Bertz CT molecular complexity index is 284. The maximum atomic E-state index is 11.5. The highest BCUT2D eigenvalue weighted by molar-refractivity contribution is 5.75. The molecule has 1 aliphatic heterocycles. The first-order valence-corrected chi connectivity index (χ1v) is 6.60. The second kappa shape index (κ2) is 6.20. The number of aliphatic carboxylic acids is 1. The number of nitrogens with zero attached hydrogens (tertiary/aromatic N) is 1. The van der Waals surface area contributed by atoms with E-state index in [1.165, 1.54) is 5.57 Å². The molecule has 98 valence electrons. The Labute approximate surface area is 105 Å². The highest BCUT2D eigenvalue weighted by Gasteiger charge is 2.41. The summed E-state index contributed by atoms with van der Waals surface area (Å²) in [4.78, 5) is 13.8. The zero-order valence-electron chi connectivity index (χ0n) is 11.2. The van der Waals surface area contributed by atoms with Crippen molar-refractivity contribution in [1.82, 2.24) is 4.90 Å². The van der Waals surface area contributed by atoms with Crippen molar-refractivity contribution in [3.63, 3.8) is 0 Å². The van der Waals surface area contributed by atoms with E-state index in [1.54, 1.807) is 0 Å². The summed E-state index contributed by atoms with van der Waals surface area (Å²) in [7, 11) is 0. The van der Waals surface area contributed by atoms with Gasteiger partial charge in [-0.05, 0) is 39.2 Å². The molecule has 0 amide bonds. The molecular formula is C14H25NO2. The summed E-state index contributed by atoms with van der Waals surface area (Å²) in [5, 5.41) is 9.47. The van der Waals surface area contributed by atoms with Crippen LogP contribution in [0.25, 0.3) is 0 Å². The molecule has 1 rings (SSSR count). The maximum absolute atomic E-state index is 11.5. The van der Waals surface area contributed by atoms with E-state index in [0.29, 0.717) is 6.54 Å². The molecule has 0 bridgehead atoms. The highest BCUT2D eigenvalue weighted by atomic mass is 16.4. The normalized spacial score (nSPS) is 25.8. The largest absolute Gasteiger partial charge is 0.481 e. The predicted octanol–water partition coefficient (Wildman–Crippen LogP) is 2.92. The third-order valence-electron chi connectivity index (χ3n) is 3.69. The van der Waals surface area contributed by atoms with Crippen LogP contribution in [0.5, 0.6) is 0 Å². The molecule has 17 heavy (non-hydrogen) atoms. The van der Waals surface area contributed by atoms with Crippen molar-refractivity contribution in [1.29, 1.82) is 0 Å². The monoisotopic (exact) mass is 239 g/mol. The lowest BCUT2D eigenvalue weighted by molar-refractivity contribution is -0.153. The van der Waals surface area contributed by atoms with E-state index in [4.69, 9.17) is 0 Å². The number of carboxylic acids is 1. The summed E-state index contributed by atoms with van der Waals surface area (Å²) in [6.45, 7) is 10.7. The quantitative estimate of drug-likeness (QED) is 0.724. The summed E-state index contributed by atoms with van der Waals surface area (Å²) in [5.41, 5.74) is 0.675. The summed E-state index contributed by atoms with van der Waals surface area (Å²) in [6, 6.07) is 0. The minimum absolute atomic E-state index is 0.498. The molecule has 1 fully saturated rings. The molecule has 3 nitrogen and oxygen atoms in total. The van der Waals surface area contributed by atoms with Crippen LogP contribution in [0.1, 0.15) is 46.0 Å². The van der Waals surface area contributed by atoms with Gasteiger partial charge in [0, 0.05) is 13.1 Å². The van der Waals surface area contributed by atoms with Gasteiger partial charge in [0.2, 0.25) is 0 Å². The molecule has 1 N–H and O–H groups in total. The minimum Gasteiger partial charge on any atom is -0.481 e. The van der Waals surface area contributed by atoms with Crippen molar-refractivity contribution in [2.45, 2.75) is 46.0 Å². The fourth-order valence-corrected chi connectivity index (χ4v) is 2.73. The van der Waals surface area contributed by atoms with Gasteiger partial charge in [0.1, 0.15) is 0 Å². The van der Waals surface area contributed by atoms with Gasteiger partial charge in [0.15, 0.2) is 0 Å². The van der Waals surface area contributed by atoms with E-state index < -0.39 is 11.4 Å². The zero-order chi connectivity index (χ0) is 12.9. The van der Waals surface area contributed by atoms with Gasteiger partial charge in [-0.1, -0.05) is 18.9 Å². The van der Waals surface area contributed by atoms with E-state index in [0.717, 1.165) is 45.2 Å². The van der Waals surface area contributed by atoms with E-state index >= 15 is 0 Å². The first kappa shape index (κ1) is 14.2. The third kappa shape index (κ3) is 3.84. The van der Waals surface area contributed by atoms with Gasteiger partial charge in [-0.3, -0.25) is 4.79 Å². The minimum atomic E-state index is -0.612. The molecule has 3 heteroatoms. The standard InChI is InChI=1S/C14H25NO2/c1-4-7-14(13(16)17)8-5-9-15(11-14)10-6-12(2)3/h2,4-11H2,1,3H3,(H,16,17). The number of likely N-dealkylation sites (tertiary alicyclic amines) is 1. The molecule has 1 aliphatic rings. The Hall–Kier alpha value is -0.830. The Morgan fingerprint density at radius 2 is 2.24 bits per heavy atom.